The molecule has 0 bridgehead atoms. The Morgan fingerprint density at radius 3 is 2.41 bits per heavy atom. The molecule has 1 aliphatic heterocycles. The molecule has 116 valence electrons. The second kappa shape index (κ2) is 5.80. The first-order valence-corrected chi connectivity index (χ1v) is 9.27. The summed E-state index contributed by atoms with van der Waals surface area (Å²) in [5.41, 5.74) is 1.50. The number of fused-ring (bicyclic) bond motifs is 1. The van der Waals surface area contributed by atoms with Gasteiger partial charge in [-0.3, -0.25) is 0 Å². The van der Waals surface area contributed by atoms with Gasteiger partial charge in [-0.15, -0.1) is 10.2 Å². The second-order valence-electron chi connectivity index (χ2n) is 6.70. The van der Waals surface area contributed by atoms with Crippen LogP contribution in [-0.4, -0.2) is 14.8 Å². The lowest BCUT2D eigenvalue weighted by molar-refractivity contribution is 0.272. The van der Waals surface area contributed by atoms with Crippen molar-refractivity contribution in [3.8, 4) is 0 Å². The molecule has 3 nitrogen and oxygen atoms in total. The van der Waals surface area contributed by atoms with Crippen molar-refractivity contribution in [2.75, 3.05) is 0 Å². The van der Waals surface area contributed by atoms with Gasteiger partial charge in [0.2, 0.25) is 0 Å². The molecular formula is C18H22BrN3. The van der Waals surface area contributed by atoms with Crippen molar-refractivity contribution >= 4 is 15.9 Å². The summed E-state index contributed by atoms with van der Waals surface area (Å²) < 4.78 is 3.59. The van der Waals surface area contributed by atoms with E-state index >= 15 is 0 Å². The maximum Gasteiger partial charge on any atom is 0.143 e. The van der Waals surface area contributed by atoms with Gasteiger partial charge >= 0.3 is 0 Å². The SMILES string of the molecule is Brc1ccc(C2(c3nnc4n3CCCCCC4)CCC2)cc1. The number of nitrogens with zero attached hydrogens (tertiary/aromatic N) is 3. The zero-order chi connectivity index (χ0) is 15.0. The maximum atomic E-state index is 4.68. The molecule has 1 aromatic carbocycles. The fourth-order valence-electron chi connectivity index (χ4n) is 3.96. The van der Waals surface area contributed by atoms with Crippen LogP contribution < -0.4 is 0 Å². The standard InChI is InChI=1S/C18H22BrN3/c19-15-9-7-14(8-10-15)18(11-5-12-18)17-21-20-16-6-3-1-2-4-13-22(16)17/h7-10H,1-6,11-13H2. The van der Waals surface area contributed by atoms with E-state index in [0.29, 0.717) is 0 Å². The van der Waals surface area contributed by atoms with Crippen LogP contribution in [0.15, 0.2) is 28.7 Å². The Labute approximate surface area is 140 Å². The van der Waals surface area contributed by atoms with Crippen LogP contribution in [0, 0.1) is 0 Å². The van der Waals surface area contributed by atoms with Gasteiger partial charge in [-0.1, -0.05) is 47.3 Å². The Bertz CT molecular complexity index is 655. The van der Waals surface area contributed by atoms with E-state index in [2.05, 4.69) is 55.0 Å². The highest BCUT2D eigenvalue weighted by atomic mass is 79.9. The van der Waals surface area contributed by atoms with Crippen LogP contribution in [-0.2, 0) is 18.4 Å². The molecule has 2 heterocycles. The van der Waals surface area contributed by atoms with Gasteiger partial charge in [-0.25, -0.2) is 0 Å². The first kappa shape index (κ1) is 14.4. The van der Waals surface area contributed by atoms with E-state index < -0.39 is 0 Å². The predicted octanol–water partition coefficient (Wildman–Crippen LogP) is 4.63. The molecule has 1 aromatic heterocycles. The quantitative estimate of drug-likeness (QED) is 0.782. The normalized spacial score (nSPS) is 20.6. The molecule has 4 heteroatoms. The summed E-state index contributed by atoms with van der Waals surface area (Å²) in [5, 5.41) is 9.23. The summed E-state index contributed by atoms with van der Waals surface area (Å²) in [6, 6.07) is 8.82. The van der Waals surface area contributed by atoms with E-state index in [0.717, 1.165) is 17.4 Å². The van der Waals surface area contributed by atoms with Gasteiger partial charge in [0, 0.05) is 17.4 Å². The summed E-state index contributed by atoms with van der Waals surface area (Å²) in [7, 11) is 0. The van der Waals surface area contributed by atoms with E-state index in [1.165, 1.54) is 62.2 Å². The van der Waals surface area contributed by atoms with Crippen LogP contribution >= 0.6 is 15.9 Å². The molecule has 2 aromatic rings. The van der Waals surface area contributed by atoms with Crippen molar-refractivity contribution in [1.82, 2.24) is 14.8 Å². The van der Waals surface area contributed by atoms with Crippen LogP contribution in [0.3, 0.4) is 0 Å². The van der Waals surface area contributed by atoms with Crippen LogP contribution in [0.25, 0.3) is 0 Å². The molecule has 0 saturated heterocycles. The molecule has 0 unspecified atom stereocenters. The van der Waals surface area contributed by atoms with E-state index in [4.69, 9.17) is 0 Å². The Morgan fingerprint density at radius 2 is 1.68 bits per heavy atom. The van der Waals surface area contributed by atoms with Gasteiger partial charge in [0.25, 0.3) is 0 Å². The van der Waals surface area contributed by atoms with E-state index in [9.17, 15) is 0 Å². The topological polar surface area (TPSA) is 30.7 Å². The lowest BCUT2D eigenvalue weighted by Crippen LogP contribution is -2.38. The lowest BCUT2D eigenvalue weighted by Gasteiger charge is -2.41. The third-order valence-corrected chi connectivity index (χ3v) is 5.92. The minimum atomic E-state index is 0.102. The number of hydrogen-bond donors (Lipinski definition) is 0. The molecular weight excluding hydrogens is 338 g/mol. The number of aryl methyl sites for hydroxylation is 1. The number of benzene rings is 1. The van der Waals surface area contributed by atoms with Crippen molar-refractivity contribution in [3.05, 3.63) is 46.0 Å². The highest BCUT2D eigenvalue weighted by molar-refractivity contribution is 9.10. The molecule has 0 N–H and O–H groups in total. The van der Waals surface area contributed by atoms with Crippen molar-refractivity contribution < 1.29 is 0 Å². The van der Waals surface area contributed by atoms with E-state index in [-0.39, 0.29) is 5.41 Å². The number of halogens is 1. The zero-order valence-corrected chi connectivity index (χ0v) is 14.5. The summed E-state index contributed by atoms with van der Waals surface area (Å²) in [5.74, 6) is 2.43. The summed E-state index contributed by atoms with van der Waals surface area (Å²) in [6.45, 7) is 1.09. The zero-order valence-electron chi connectivity index (χ0n) is 12.9. The number of rotatable bonds is 2. The van der Waals surface area contributed by atoms with Crippen LogP contribution in [0.5, 0.6) is 0 Å². The third kappa shape index (κ3) is 2.32. The van der Waals surface area contributed by atoms with Crippen molar-refractivity contribution in [2.24, 2.45) is 0 Å². The number of hydrogen-bond acceptors (Lipinski definition) is 2. The largest absolute Gasteiger partial charge is 0.314 e. The van der Waals surface area contributed by atoms with Crippen molar-refractivity contribution in [3.63, 3.8) is 0 Å². The van der Waals surface area contributed by atoms with Gasteiger partial charge in [0.05, 0.1) is 5.41 Å². The second-order valence-corrected chi connectivity index (χ2v) is 7.61. The molecule has 22 heavy (non-hydrogen) atoms. The van der Waals surface area contributed by atoms with Gasteiger partial charge < -0.3 is 4.57 Å². The van der Waals surface area contributed by atoms with Crippen LogP contribution in [0.2, 0.25) is 0 Å². The predicted molar refractivity (Wildman–Crippen MR) is 91.0 cm³/mol. The van der Waals surface area contributed by atoms with Crippen molar-refractivity contribution in [1.29, 1.82) is 0 Å². The van der Waals surface area contributed by atoms with E-state index in [1.807, 2.05) is 0 Å². The number of aromatic nitrogens is 3. The highest BCUT2D eigenvalue weighted by Gasteiger charge is 2.44. The molecule has 1 saturated carbocycles. The monoisotopic (exact) mass is 359 g/mol. The summed E-state index contributed by atoms with van der Waals surface area (Å²) in [6.07, 6.45) is 9.96. The molecule has 1 aliphatic carbocycles. The first-order chi connectivity index (χ1) is 10.8. The molecule has 2 aliphatic rings. The Morgan fingerprint density at radius 1 is 0.909 bits per heavy atom. The van der Waals surface area contributed by atoms with Gasteiger partial charge in [-0.2, -0.15) is 0 Å². The molecule has 1 fully saturated rings. The smallest absolute Gasteiger partial charge is 0.143 e. The minimum absolute atomic E-state index is 0.102. The average molecular weight is 360 g/mol. The first-order valence-electron chi connectivity index (χ1n) is 8.48. The van der Waals surface area contributed by atoms with Crippen molar-refractivity contribution in [2.45, 2.75) is 63.3 Å². The summed E-state index contributed by atoms with van der Waals surface area (Å²) >= 11 is 3.55. The third-order valence-electron chi connectivity index (χ3n) is 5.39. The van der Waals surface area contributed by atoms with E-state index in [1.54, 1.807) is 0 Å². The van der Waals surface area contributed by atoms with Gasteiger partial charge in [-0.05, 0) is 43.4 Å². The van der Waals surface area contributed by atoms with Crippen LogP contribution in [0.4, 0.5) is 0 Å². The lowest BCUT2D eigenvalue weighted by atomic mass is 9.63. The Balaban J connectivity index is 1.77. The van der Waals surface area contributed by atoms with Gasteiger partial charge in [0.15, 0.2) is 0 Å². The molecule has 0 atom stereocenters. The Hall–Kier alpha value is -1.16. The maximum absolute atomic E-state index is 4.68. The molecule has 0 amide bonds. The molecule has 0 radical (unpaired) electrons. The minimum Gasteiger partial charge on any atom is -0.314 e. The summed E-state index contributed by atoms with van der Waals surface area (Å²) in [4.78, 5) is 0. The van der Waals surface area contributed by atoms with Crippen LogP contribution in [0.1, 0.15) is 62.2 Å². The Kier molecular flexibility index (Phi) is 3.81. The molecule has 0 spiro atoms. The van der Waals surface area contributed by atoms with Gasteiger partial charge in [0.1, 0.15) is 11.6 Å². The average Bonchev–Trinajstić information content (AvgIpc) is 2.82. The fourth-order valence-corrected chi connectivity index (χ4v) is 4.22. The molecule has 4 rings (SSSR count). The highest BCUT2D eigenvalue weighted by Crippen LogP contribution is 2.48. The fraction of sp³-hybridized carbons (Fsp3) is 0.556.